The van der Waals surface area contributed by atoms with Crippen LogP contribution in [0.15, 0.2) is 23.6 Å². The van der Waals surface area contributed by atoms with Crippen LogP contribution in [0.5, 0.6) is 0 Å². The van der Waals surface area contributed by atoms with Gasteiger partial charge in [0.1, 0.15) is 5.82 Å². The van der Waals surface area contributed by atoms with E-state index < -0.39 is 5.82 Å². The summed E-state index contributed by atoms with van der Waals surface area (Å²) in [4.78, 5) is 23.4. The van der Waals surface area contributed by atoms with E-state index in [0.29, 0.717) is 24.1 Å². The molecule has 2 heterocycles. The first-order valence-corrected chi connectivity index (χ1v) is 8.16. The largest absolute Gasteiger partial charge is 0.326 e. The molecule has 7 heteroatoms. The summed E-state index contributed by atoms with van der Waals surface area (Å²) in [7, 11) is 0. The number of halogens is 2. The smallest absolute Gasteiger partial charge is 0.256 e. The van der Waals surface area contributed by atoms with Crippen LogP contribution in [0.3, 0.4) is 0 Å². The average molecular weight is 416 g/mol. The third kappa shape index (κ3) is 3.08. The number of aryl methyl sites for hydroxylation is 1. The number of benzene rings is 1. The molecule has 1 aliphatic rings. The van der Waals surface area contributed by atoms with E-state index in [2.05, 4.69) is 33.2 Å². The van der Waals surface area contributed by atoms with Gasteiger partial charge in [0.05, 0.1) is 14.1 Å². The van der Waals surface area contributed by atoms with E-state index in [0.717, 1.165) is 8.45 Å². The van der Waals surface area contributed by atoms with Crippen LogP contribution in [-0.4, -0.2) is 11.8 Å². The van der Waals surface area contributed by atoms with E-state index in [4.69, 9.17) is 0 Å². The Bertz CT molecular complexity index is 745. The zero-order chi connectivity index (χ0) is 15.0. The van der Waals surface area contributed by atoms with Crippen molar-refractivity contribution in [3.63, 3.8) is 0 Å². The van der Waals surface area contributed by atoms with Gasteiger partial charge >= 0.3 is 0 Å². The van der Waals surface area contributed by atoms with Gasteiger partial charge in [0.15, 0.2) is 0 Å². The van der Waals surface area contributed by atoms with Crippen molar-refractivity contribution in [1.82, 2.24) is 0 Å². The molecule has 1 aromatic carbocycles. The second-order valence-corrected chi connectivity index (χ2v) is 7.44. The van der Waals surface area contributed by atoms with Gasteiger partial charge in [-0.05, 0) is 52.8 Å². The maximum Gasteiger partial charge on any atom is 0.256 e. The van der Waals surface area contributed by atoms with Gasteiger partial charge in [-0.15, -0.1) is 11.3 Å². The van der Waals surface area contributed by atoms with E-state index in [-0.39, 0.29) is 17.5 Å². The lowest BCUT2D eigenvalue weighted by molar-refractivity contribution is -0.116. The van der Waals surface area contributed by atoms with Crippen molar-refractivity contribution in [1.29, 1.82) is 0 Å². The van der Waals surface area contributed by atoms with Crippen LogP contribution in [0.1, 0.15) is 22.3 Å². The van der Waals surface area contributed by atoms with Gasteiger partial charge in [0, 0.05) is 17.5 Å². The summed E-state index contributed by atoms with van der Waals surface area (Å²) >= 11 is 3.56. The fourth-order valence-electron chi connectivity index (χ4n) is 2.12. The van der Waals surface area contributed by atoms with Gasteiger partial charge < -0.3 is 10.6 Å². The van der Waals surface area contributed by atoms with E-state index in [1.807, 2.05) is 0 Å². The number of rotatable bonds is 2. The van der Waals surface area contributed by atoms with Crippen LogP contribution in [-0.2, 0) is 11.2 Å². The predicted molar refractivity (Wildman–Crippen MR) is 88.3 cm³/mol. The number of amides is 2. The molecule has 1 aromatic heterocycles. The number of thiophene rings is 1. The second kappa shape index (κ2) is 5.72. The van der Waals surface area contributed by atoms with Gasteiger partial charge in [-0.1, -0.05) is 0 Å². The lowest BCUT2D eigenvalue weighted by Gasteiger charge is -2.18. The Kier molecular flexibility index (Phi) is 3.94. The van der Waals surface area contributed by atoms with E-state index >= 15 is 0 Å². The molecule has 0 fully saturated rings. The Morgan fingerprint density at radius 1 is 1.33 bits per heavy atom. The molecule has 21 heavy (non-hydrogen) atoms. The molecule has 0 bridgehead atoms. The highest BCUT2D eigenvalue weighted by atomic mass is 127. The summed E-state index contributed by atoms with van der Waals surface area (Å²) < 4.78 is 15.0. The molecule has 0 spiro atoms. The number of nitrogens with one attached hydrogen (secondary N) is 2. The molecule has 108 valence electrons. The molecular weight excluding hydrogens is 406 g/mol. The van der Waals surface area contributed by atoms with Crippen molar-refractivity contribution in [2.45, 2.75) is 12.8 Å². The number of carbonyl (C=O) groups is 2. The van der Waals surface area contributed by atoms with Crippen molar-refractivity contribution in [2.75, 3.05) is 10.6 Å². The van der Waals surface area contributed by atoms with Crippen molar-refractivity contribution >= 4 is 57.1 Å². The summed E-state index contributed by atoms with van der Waals surface area (Å²) in [5.74, 6) is -0.961. The molecule has 0 radical (unpaired) electrons. The predicted octanol–water partition coefficient (Wildman–Crippen LogP) is 3.63. The third-order valence-corrected chi connectivity index (χ3v) is 4.96. The summed E-state index contributed by atoms with van der Waals surface area (Å²) in [5, 5.41) is 6.95. The third-order valence-electron chi connectivity index (χ3n) is 3.17. The van der Waals surface area contributed by atoms with Crippen LogP contribution in [0, 0.1) is 8.70 Å². The Balaban J connectivity index is 1.87. The number of carbonyl (C=O) groups excluding carboxylic acids is 2. The van der Waals surface area contributed by atoms with Gasteiger partial charge in [0.25, 0.3) is 5.91 Å². The van der Waals surface area contributed by atoms with E-state index in [1.54, 1.807) is 11.4 Å². The number of hydrogen-bond donors (Lipinski definition) is 2. The van der Waals surface area contributed by atoms with E-state index in [9.17, 15) is 14.0 Å². The first-order valence-electron chi connectivity index (χ1n) is 6.20. The molecule has 0 unspecified atom stereocenters. The van der Waals surface area contributed by atoms with Gasteiger partial charge in [-0.3, -0.25) is 9.59 Å². The normalized spacial score (nSPS) is 13.5. The van der Waals surface area contributed by atoms with Gasteiger partial charge in [0.2, 0.25) is 5.91 Å². The summed E-state index contributed by atoms with van der Waals surface area (Å²) in [6, 6.07) is 4.57. The molecule has 2 aromatic rings. The van der Waals surface area contributed by atoms with E-state index in [1.165, 1.54) is 23.5 Å². The number of anilines is 2. The van der Waals surface area contributed by atoms with Crippen LogP contribution in [0.25, 0.3) is 0 Å². The first kappa shape index (κ1) is 14.5. The molecule has 0 saturated carbocycles. The van der Waals surface area contributed by atoms with Gasteiger partial charge in [-0.2, -0.15) is 0 Å². The molecular formula is C14H10FIN2O2S. The van der Waals surface area contributed by atoms with Crippen molar-refractivity contribution in [2.24, 2.45) is 0 Å². The Hall–Kier alpha value is -1.48. The minimum absolute atomic E-state index is 0.0714. The van der Waals surface area contributed by atoms with Crippen molar-refractivity contribution in [3.8, 4) is 0 Å². The van der Waals surface area contributed by atoms with Crippen LogP contribution in [0.4, 0.5) is 15.8 Å². The zero-order valence-corrected chi connectivity index (χ0v) is 13.7. The highest BCUT2D eigenvalue weighted by Crippen LogP contribution is 2.29. The number of hydrogen-bond acceptors (Lipinski definition) is 3. The van der Waals surface area contributed by atoms with Crippen molar-refractivity contribution in [3.05, 3.63) is 43.4 Å². The Morgan fingerprint density at radius 3 is 2.86 bits per heavy atom. The SMILES string of the molecule is O=C1CCc2cc(F)c(NC(=O)c3csc(I)c3)cc2N1. The van der Waals surface area contributed by atoms with Crippen LogP contribution in [0.2, 0.25) is 0 Å². The fraction of sp³-hybridized carbons (Fsp3) is 0.143. The summed E-state index contributed by atoms with van der Waals surface area (Å²) in [6.45, 7) is 0. The second-order valence-electron chi connectivity index (χ2n) is 4.63. The Morgan fingerprint density at radius 2 is 2.14 bits per heavy atom. The minimum Gasteiger partial charge on any atom is -0.326 e. The fourth-order valence-corrected chi connectivity index (χ4v) is 3.44. The number of fused-ring (bicyclic) bond motifs is 1. The molecule has 2 N–H and O–H groups in total. The minimum atomic E-state index is -0.497. The maximum atomic E-state index is 14.0. The van der Waals surface area contributed by atoms with Crippen LogP contribution >= 0.6 is 33.9 Å². The molecule has 0 saturated heterocycles. The molecule has 3 rings (SSSR count). The molecule has 4 nitrogen and oxygen atoms in total. The quantitative estimate of drug-likeness (QED) is 0.735. The highest BCUT2D eigenvalue weighted by molar-refractivity contribution is 14.1. The topological polar surface area (TPSA) is 58.2 Å². The van der Waals surface area contributed by atoms with Crippen molar-refractivity contribution < 1.29 is 14.0 Å². The molecule has 2 amide bonds. The lowest BCUT2D eigenvalue weighted by Crippen LogP contribution is -2.20. The highest BCUT2D eigenvalue weighted by Gasteiger charge is 2.19. The summed E-state index contributed by atoms with van der Waals surface area (Å²) in [6.07, 6.45) is 0.862. The maximum absolute atomic E-state index is 14.0. The monoisotopic (exact) mass is 416 g/mol. The Labute approximate surface area is 137 Å². The molecule has 0 aliphatic carbocycles. The average Bonchev–Trinajstić information content (AvgIpc) is 2.87. The summed E-state index contributed by atoms with van der Waals surface area (Å²) in [5.41, 5.74) is 1.87. The first-order chi connectivity index (χ1) is 10.0. The van der Waals surface area contributed by atoms with Crippen LogP contribution < -0.4 is 10.6 Å². The molecule has 1 aliphatic heterocycles. The standard InChI is InChI=1S/C14H10FIN2O2S/c15-9-3-7-1-2-13(19)17-10(7)5-11(9)18-14(20)8-4-12(16)21-6-8/h3-6H,1-2H2,(H,17,19)(H,18,20). The van der Waals surface area contributed by atoms with Gasteiger partial charge in [-0.25, -0.2) is 4.39 Å². The zero-order valence-electron chi connectivity index (χ0n) is 10.7. The lowest BCUT2D eigenvalue weighted by atomic mass is 10.0. The molecule has 0 atom stereocenters.